The van der Waals surface area contributed by atoms with Gasteiger partial charge in [0.25, 0.3) is 0 Å². The van der Waals surface area contributed by atoms with E-state index < -0.39 is 5.82 Å². The van der Waals surface area contributed by atoms with Crippen LogP contribution in [0, 0.1) is 5.82 Å². The van der Waals surface area contributed by atoms with Gasteiger partial charge in [-0.3, -0.25) is 4.79 Å². The van der Waals surface area contributed by atoms with Crippen LogP contribution in [0.5, 0.6) is 0 Å². The van der Waals surface area contributed by atoms with Gasteiger partial charge in [0, 0.05) is 22.5 Å². The molecule has 0 atom stereocenters. The molecule has 1 heterocycles. The Bertz CT molecular complexity index is 613. The van der Waals surface area contributed by atoms with Crippen LogP contribution in [-0.2, 0) is 16.0 Å². The van der Waals surface area contributed by atoms with Crippen molar-refractivity contribution in [1.82, 2.24) is 4.98 Å². The summed E-state index contributed by atoms with van der Waals surface area (Å²) in [7, 11) is 0. The van der Waals surface area contributed by atoms with E-state index in [1.807, 2.05) is 5.38 Å². The minimum atomic E-state index is -0.413. The van der Waals surface area contributed by atoms with Crippen molar-refractivity contribution in [2.75, 3.05) is 11.9 Å². The highest BCUT2D eigenvalue weighted by molar-refractivity contribution is 7.13. The first-order chi connectivity index (χ1) is 10.1. The Morgan fingerprint density at radius 3 is 3.00 bits per heavy atom. The summed E-state index contributed by atoms with van der Waals surface area (Å²) in [5.41, 5.74) is 1.32. The van der Waals surface area contributed by atoms with Crippen LogP contribution in [0.2, 0.25) is 5.02 Å². The third-order valence-corrected chi connectivity index (χ3v) is 3.58. The number of thiazole rings is 1. The minimum Gasteiger partial charge on any atom is -0.466 e. The number of rotatable bonds is 6. The lowest BCUT2D eigenvalue weighted by Crippen LogP contribution is -2.05. The number of carbonyl (C=O) groups excluding carboxylic acids is 1. The lowest BCUT2D eigenvalue weighted by molar-refractivity contribution is -0.143. The molecular formula is C14H14ClFN2O2S. The molecule has 0 unspecified atom stereocenters. The number of ether oxygens (including phenoxy) is 1. The number of aromatic nitrogens is 1. The fourth-order valence-corrected chi connectivity index (χ4v) is 2.68. The third kappa shape index (κ3) is 4.99. The van der Waals surface area contributed by atoms with Crippen molar-refractivity contribution in [3.8, 4) is 0 Å². The number of esters is 1. The first kappa shape index (κ1) is 15.7. The fourth-order valence-electron chi connectivity index (χ4n) is 1.69. The number of aryl methyl sites for hydroxylation is 1. The van der Waals surface area contributed by atoms with Crippen LogP contribution in [0.3, 0.4) is 0 Å². The molecule has 0 aliphatic carbocycles. The van der Waals surface area contributed by atoms with Crippen LogP contribution in [0.25, 0.3) is 0 Å². The third-order valence-electron chi connectivity index (χ3n) is 2.56. The maximum absolute atomic E-state index is 13.2. The topological polar surface area (TPSA) is 51.2 Å². The average Bonchev–Trinajstić information content (AvgIpc) is 2.83. The maximum Gasteiger partial charge on any atom is 0.306 e. The highest BCUT2D eigenvalue weighted by Crippen LogP contribution is 2.24. The van der Waals surface area contributed by atoms with Gasteiger partial charge in [0.2, 0.25) is 0 Å². The standard InChI is InChI=1S/C14H14ClFN2O2S/c1-2-20-13(19)4-3-11-8-21-14(17-11)18-12-6-9(15)5-10(16)7-12/h5-8H,2-4H2,1H3,(H,17,18). The summed E-state index contributed by atoms with van der Waals surface area (Å²) in [6, 6.07) is 4.19. The predicted molar refractivity (Wildman–Crippen MR) is 81.8 cm³/mol. The van der Waals surface area contributed by atoms with Crippen molar-refractivity contribution in [2.45, 2.75) is 19.8 Å². The average molecular weight is 329 g/mol. The van der Waals surface area contributed by atoms with Crippen molar-refractivity contribution in [3.63, 3.8) is 0 Å². The summed E-state index contributed by atoms with van der Waals surface area (Å²) >= 11 is 7.17. The van der Waals surface area contributed by atoms with Gasteiger partial charge in [-0.2, -0.15) is 0 Å². The highest BCUT2D eigenvalue weighted by atomic mass is 35.5. The number of hydrogen-bond acceptors (Lipinski definition) is 5. The Kier molecular flexibility index (Phi) is 5.52. The highest BCUT2D eigenvalue weighted by Gasteiger charge is 2.07. The molecule has 0 aliphatic rings. The molecule has 1 aromatic heterocycles. The van der Waals surface area contributed by atoms with Gasteiger partial charge in [0.15, 0.2) is 5.13 Å². The summed E-state index contributed by atoms with van der Waals surface area (Å²) in [6.45, 7) is 2.15. The summed E-state index contributed by atoms with van der Waals surface area (Å²) in [4.78, 5) is 15.6. The second kappa shape index (κ2) is 7.38. The van der Waals surface area contributed by atoms with E-state index in [0.29, 0.717) is 35.3 Å². The molecule has 2 rings (SSSR count). The van der Waals surface area contributed by atoms with Gasteiger partial charge in [-0.25, -0.2) is 9.37 Å². The van der Waals surface area contributed by atoms with Crippen molar-refractivity contribution in [1.29, 1.82) is 0 Å². The lowest BCUT2D eigenvalue weighted by atomic mass is 10.2. The second-order valence-corrected chi connectivity index (χ2v) is 5.53. The van der Waals surface area contributed by atoms with E-state index in [-0.39, 0.29) is 5.97 Å². The molecule has 0 saturated carbocycles. The van der Waals surface area contributed by atoms with E-state index >= 15 is 0 Å². The molecule has 1 aromatic carbocycles. The van der Waals surface area contributed by atoms with E-state index in [1.165, 1.54) is 23.5 Å². The van der Waals surface area contributed by atoms with Crippen molar-refractivity contribution >= 4 is 39.7 Å². The van der Waals surface area contributed by atoms with Gasteiger partial charge in [0.1, 0.15) is 5.82 Å². The zero-order valence-electron chi connectivity index (χ0n) is 11.4. The number of benzene rings is 1. The number of anilines is 2. The van der Waals surface area contributed by atoms with Crippen LogP contribution in [0.1, 0.15) is 19.0 Å². The molecule has 0 fully saturated rings. The molecule has 0 bridgehead atoms. The molecule has 0 radical (unpaired) electrons. The Hall–Kier alpha value is -1.66. The number of halogens is 2. The first-order valence-electron chi connectivity index (χ1n) is 6.40. The number of nitrogens with zero attached hydrogens (tertiary/aromatic N) is 1. The summed E-state index contributed by atoms with van der Waals surface area (Å²) in [5, 5.41) is 5.77. The zero-order valence-corrected chi connectivity index (χ0v) is 12.9. The molecule has 0 aliphatic heterocycles. The SMILES string of the molecule is CCOC(=O)CCc1csc(Nc2cc(F)cc(Cl)c2)n1. The monoisotopic (exact) mass is 328 g/mol. The zero-order chi connectivity index (χ0) is 15.2. The van der Waals surface area contributed by atoms with Gasteiger partial charge in [-0.05, 0) is 25.1 Å². The Morgan fingerprint density at radius 2 is 2.29 bits per heavy atom. The summed E-state index contributed by atoms with van der Waals surface area (Å²) in [6.07, 6.45) is 0.809. The van der Waals surface area contributed by atoms with Gasteiger partial charge in [-0.15, -0.1) is 11.3 Å². The number of nitrogens with one attached hydrogen (secondary N) is 1. The van der Waals surface area contributed by atoms with Crippen molar-refractivity contribution < 1.29 is 13.9 Å². The largest absolute Gasteiger partial charge is 0.466 e. The summed E-state index contributed by atoms with van der Waals surface area (Å²) in [5.74, 6) is -0.652. The van der Waals surface area contributed by atoms with Gasteiger partial charge < -0.3 is 10.1 Å². The molecule has 21 heavy (non-hydrogen) atoms. The van der Waals surface area contributed by atoms with E-state index in [1.54, 1.807) is 13.0 Å². The van der Waals surface area contributed by atoms with E-state index in [9.17, 15) is 9.18 Å². The Morgan fingerprint density at radius 1 is 1.48 bits per heavy atom. The van der Waals surface area contributed by atoms with E-state index in [4.69, 9.17) is 16.3 Å². The Balaban J connectivity index is 1.95. The molecule has 2 aromatic rings. The number of hydrogen-bond donors (Lipinski definition) is 1. The summed E-state index contributed by atoms with van der Waals surface area (Å²) < 4.78 is 18.1. The molecule has 4 nitrogen and oxygen atoms in total. The van der Waals surface area contributed by atoms with Crippen LogP contribution in [0.4, 0.5) is 15.2 Å². The Labute approximate surface area is 130 Å². The van der Waals surface area contributed by atoms with E-state index in [0.717, 1.165) is 5.69 Å². The molecule has 7 heteroatoms. The quantitative estimate of drug-likeness (QED) is 0.808. The van der Waals surface area contributed by atoms with Gasteiger partial charge in [0.05, 0.1) is 18.7 Å². The molecule has 0 saturated heterocycles. The van der Waals surface area contributed by atoms with Crippen LogP contribution in [0.15, 0.2) is 23.6 Å². The van der Waals surface area contributed by atoms with E-state index in [2.05, 4.69) is 10.3 Å². The van der Waals surface area contributed by atoms with Crippen LogP contribution in [-0.4, -0.2) is 17.6 Å². The van der Waals surface area contributed by atoms with Gasteiger partial charge >= 0.3 is 5.97 Å². The first-order valence-corrected chi connectivity index (χ1v) is 7.65. The van der Waals surface area contributed by atoms with Crippen LogP contribution >= 0.6 is 22.9 Å². The normalized spacial score (nSPS) is 10.4. The maximum atomic E-state index is 13.2. The minimum absolute atomic E-state index is 0.239. The van der Waals surface area contributed by atoms with Crippen molar-refractivity contribution in [2.24, 2.45) is 0 Å². The fraction of sp³-hybridized carbons (Fsp3) is 0.286. The molecule has 112 valence electrons. The molecular weight excluding hydrogens is 315 g/mol. The smallest absolute Gasteiger partial charge is 0.306 e. The lowest BCUT2D eigenvalue weighted by Gasteiger charge is -2.03. The molecule has 0 amide bonds. The van der Waals surface area contributed by atoms with Crippen molar-refractivity contribution in [3.05, 3.63) is 40.1 Å². The van der Waals surface area contributed by atoms with Crippen LogP contribution < -0.4 is 5.32 Å². The predicted octanol–water partition coefficient (Wildman–Crippen LogP) is 4.17. The van der Waals surface area contributed by atoms with Gasteiger partial charge in [-0.1, -0.05) is 11.6 Å². The molecule has 0 spiro atoms. The molecule has 1 N–H and O–H groups in total. The second-order valence-electron chi connectivity index (χ2n) is 4.23. The number of carbonyl (C=O) groups is 1.